The molecule has 0 amide bonds. The smallest absolute Gasteiger partial charge is 0.326 e. The van der Waals surface area contributed by atoms with Gasteiger partial charge < -0.3 is 29.0 Å². The number of carbonyl (C=O) groups excluding carboxylic acids is 1. The molecule has 1 unspecified atom stereocenters. The largest absolute Gasteiger partial charge is 0.479 e. The molecule has 0 spiro atoms. The number of anilines is 1. The van der Waals surface area contributed by atoms with E-state index in [1.807, 2.05) is 30.3 Å². The first-order chi connectivity index (χ1) is 16.7. The Balaban J connectivity index is 1.68. The van der Waals surface area contributed by atoms with Crippen LogP contribution in [0.5, 0.6) is 5.88 Å². The fraction of sp³-hybridized carbons (Fsp3) is 0.455. The first-order valence-corrected chi connectivity index (χ1v) is 12.8. The molecule has 35 heavy (non-hydrogen) atoms. The second-order valence-corrected chi connectivity index (χ2v) is 10.2. The Labute approximate surface area is 203 Å². The van der Waals surface area contributed by atoms with Gasteiger partial charge in [-0.25, -0.2) is 10.1 Å². The minimum atomic E-state index is -3.62. The zero-order valence-corrected chi connectivity index (χ0v) is 21.2. The summed E-state index contributed by atoms with van der Waals surface area (Å²) in [6, 6.07) is 9.30. The maximum Gasteiger partial charge on any atom is 0.326 e. The van der Waals surface area contributed by atoms with Gasteiger partial charge in [0.05, 0.1) is 33.3 Å². The second kappa shape index (κ2) is 11.6. The van der Waals surface area contributed by atoms with E-state index in [2.05, 4.69) is 20.0 Å². The van der Waals surface area contributed by atoms with E-state index in [4.69, 9.17) is 24.5 Å². The number of methoxy groups -OCH3 is 1. The van der Waals surface area contributed by atoms with E-state index >= 15 is 0 Å². The molecule has 3 N–H and O–H groups in total. The van der Waals surface area contributed by atoms with Crippen LogP contribution in [0.25, 0.3) is 11.2 Å². The van der Waals surface area contributed by atoms with Crippen LogP contribution in [-0.2, 0) is 36.5 Å². The summed E-state index contributed by atoms with van der Waals surface area (Å²) in [5.74, 6) is -0.211. The topological polar surface area (TPSA) is 153 Å². The molecule has 0 aliphatic rings. The van der Waals surface area contributed by atoms with Gasteiger partial charge >= 0.3 is 5.97 Å². The number of ether oxygens (including phenoxy) is 3. The lowest BCUT2D eigenvalue weighted by Crippen LogP contribution is -2.46. The van der Waals surface area contributed by atoms with E-state index < -0.39 is 19.0 Å². The average molecular weight is 507 g/mol. The van der Waals surface area contributed by atoms with Gasteiger partial charge in [0.15, 0.2) is 11.2 Å². The summed E-state index contributed by atoms with van der Waals surface area (Å²) < 4.78 is 37.2. The van der Waals surface area contributed by atoms with Gasteiger partial charge in [-0.3, -0.25) is 9.36 Å². The lowest BCUT2D eigenvalue weighted by molar-refractivity contribution is -0.149. The summed E-state index contributed by atoms with van der Waals surface area (Å²) in [4.78, 5) is 24.8. The van der Waals surface area contributed by atoms with E-state index in [-0.39, 0.29) is 38.0 Å². The number of rotatable bonds is 13. The molecular formula is C22H31N6O6P. The third kappa shape index (κ3) is 6.98. The monoisotopic (exact) mass is 506 g/mol. The third-order valence-electron chi connectivity index (χ3n) is 4.90. The number of hydrogen-bond donors (Lipinski definition) is 2. The summed E-state index contributed by atoms with van der Waals surface area (Å²) in [6.45, 7) is 5.66. The number of nitrogen functional groups attached to an aromatic ring is 1. The van der Waals surface area contributed by atoms with Crippen molar-refractivity contribution in [2.24, 2.45) is 0 Å². The van der Waals surface area contributed by atoms with Crippen molar-refractivity contribution in [1.29, 1.82) is 0 Å². The summed E-state index contributed by atoms with van der Waals surface area (Å²) in [5.41, 5.74) is 6.29. The zero-order valence-electron chi connectivity index (χ0n) is 20.3. The van der Waals surface area contributed by atoms with Crippen LogP contribution < -0.4 is 15.6 Å². The first-order valence-electron chi connectivity index (χ1n) is 11.0. The molecule has 0 saturated heterocycles. The van der Waals surface area contributed by atoms with Crippen molar-refractivity contribution < 1.29 is 28.1 Å². The lowest BCUT2D eigenvalue weighted by atomic mass is 10.1. The van der Waals surface area contributed by atoms with Crippen LogP contribution in [-0.4, -0.2) is 57.7 Å². The van der Waals surface area contributed by atoms with Crippen molar-refractivity contribution in [3.05, 3.63) is 42.2 Å². The summed E-state index contributed by atoms with van der Waals surface area (Å²) >= 11 is 0. The lowest BCUT2D eigenvalue weighted by Gasteiger charge is -2.29. The Kier molecular flexibility index (Phi) is 8.79. The number of nitrogens with one attached hydrogen (secondary N) is 1. The van der Waals surface area contributed by atoms with Crippen molar-refractivity contribution >= 4 is 30.6 Å². The van der Waals surface area contributed by atoms with Gasteiger partial charge in [0, 0.05) is 6.54 Å². The standard InChI is InChI=1S/C22H31N6O6P/c1-5-33-20(29)22(2,3)27-35(30,34-13-16-9-7-6-8-10-16)15-32-12-11-28-14-24-17-18(28)25-21(23)26-19(17)31-4/h6-10,14H,5,11-13,15H2,1-4H3,(H,27,30)(H2,23,25,26). The number of aromatic nitrogens is 4. The second-order valence-electron chi connectivity index (χ2n) is 8.13. The quantitative estimate of drug-likeness (QED) is 0.200. The highest BCUT2D eigenvalue weighted by Crippen LogP contribution is 2.45. The third-order valence-corrected chi connectivity index (χ3v) is 6.87. The molecule has 0 aliphatic carbocycles. The highest BCUT2D eigenvalue weighted by Gasteiger charge is 2.38. The molecule has 0 bridgehead atoms. The van der Waals surface area contributed by atoms with Gasteiger partial charge in [-0.2, -0.15) is 9.97 Å². The Morgan fingerprint density at radius 2 is 1.97 bits per heavy atom. The van der Waals surface area contributed by atoms with E-state index in [1.165, 1.54) is 7.11 Å². The van der Waals surface area contributed by atoms with Crippen LogP contribution >= 0.6 is 7.52 Å². The molecule has 0 aliphatic heterocycles. The predicted molar refractivity (Wildman–Crippen MR) is 130 cm³/mol. The van der Waals surface area contributed by atoms with Crippen LogP contribution in [0.1, 0.15) is 26.3 Å². The molecule has 1 atom stereocenters. The van der Waals surface area contributed by atoms with Gasteiger partial charge in [0.1, 0.15) is 11.9 Å². The molecule has 0 saturated carbocycles. The molecule has 2 heterocycles. The number of benzene rings is 1. The average Bonchev–Trinajstić information content (AvgIpc) is 3.23. The summed E-state index contributed by atoms with van der Waals surface area (Å²) in [7, 11) is -2.15. The fourth-order valence-corrected chi connectivity index (χ4v) is 5.10. The maximum absolute atomic E-state index is 13.7. The van der Waals surface area contributed by atoms with Crippen molar-refractivity contribution in [2.45, 2.75) is 39.5 Å². The number of nitrogens with zero attached hydrogens (tertiary/aromatic N) is 4. The summed E-state index contributed by atoms with van der Waals surface area (Å²) in [5, 5.41) is 2.83. The molecule has 0 radical (unpaired) electrons. The number of imidazole rings is 1. The minimum Gasteiger partial charge on any atom is -0.479 e. The molecular weight excluding hydrogens is 475 g/mol. The van der Waals surface area contributed by atoms with Crippen molar-refractivity contribution in [2.75, 3.05) is 32.4 Å². The molecule has 190 valence electrons. The number of esters is 1. The van der Waals surface area contributed by atoms with Gasteiger partial charge in [-0.1, -0.05) is 30.3 Å². The maximum atomic E-state index is 13.7. The fourth-order valence-electron chi connectivity index (χ4n) is 3.23. The minimum absolute atomic E-state index is 0.0567. The summed E-state index contributed by atoms with van der Waals surface area (Å²) in [6.07, 6.45) is 1.30. The first kappa shape index (κ1) is 26.6. The normalized spacial score (nSPS) is 13.5. The van der Waals surface area contributed by atoms with Crippen LogP contribution in [0.3, 0.4) is 0 Å². The Hall–Kier alpha value is -3.05. The Bertz CT molecular complexity index is 1190. The van der Waals surface area contributed by atoms with Gasteiger partial charge in [0.2, 0.25) is 11.8 Å². The Morgan fingerprint density at radius 3 is 2.66 bits per heavy atom. The van der Waals surface area contributed by atoms with Crippen molar-refractivity contribution in [3.63, 3.8) is 0 Å². The van der Waals surface area contributed by atoms with Crippen LogP contribution in [0, 0.1) is 0 Å². The van der Waals surface area contributed by atoms with E-state index in [9.17, 15) is 9.36 Å². The molecule has 1 aromatic carbocycles. The number of hydrogen-bond acceptors (Lipinski definition) is 10. The molecule has 13 heteroatoms. The van der Waals surface area contributed by atoms with E-state index in [0.29, 0.717) is 17.7 Å². The van der Waals surface area contributed by atoms with E-state index in [1.54, 1.807) is 31.7 Å². The molecule has 3 aromatic rings. The zero-order chi connectivity index (χ0) is 25.5. The van der Waals surface area contributed by atoms with E-state index in [0.717, 1.165) is 5.56 Å². The number of fused-ring (bicyclic) bond motifs is 1. The van der Waals surface area contributed by atoms with Gasteiger partial charge in [-0.15, -0.1) is 0 Å². The molecule has 3 rings (SSSR count). The highest BCUT2D eigenvalue weighted by molar-refractivity contribution is 7.56. The van der Waals surface area contributed by atoms with Gasteiger partial charge in [-0.05, 0) is 26.3 Å². The van der Waals surface area contributed by atoms with Crippen molar-refractivity contribution in [3.8, 4) is 5.88 Å². The van der Waals surface area contributed by atoms with Crippen molar-refractivity contribution in [1.82, 2.24) is 24.6 Å². The van der Waals surface area contributed by atoms with Crippen LogP contribution in [0.2, 0.25) is 0 Å². The number of carbonyl (C=O) groups is 1. The Morgan fingerprint density at radius 1 is 1.23 bits per heavy atom. The number of nitrogens with two attached hydrogens (primary N) is 1. The molecule has 2 aromatic heterocycles. The highest BCUT2D eigenvalue weighted by atomic mass is 31.2. The van der Waals surface area contributed by atoms with Gasteiger partial charge in [0.25, 0.3) is 7.52 Å². The molecule has 0 fully saturated rings. The SMILES string of the molecule is CCOC(=O)C(C)(C)NP(=O)(COCCn1cnc2c(OC)nc(N)nc21)OCc1ccccc1. The molecule has 12 nitrogen and oxygen atoms in total. The van der Waals surface area contributed by atoms with Crippen LogP contribution in [0.15, 0.2) is 36.7 Å². The van der Waals surface area contributed by atoms with Crippen LogP contribution in [0.4, 0.5) is 5.95 Å². The predicted octanol–water partition coefficient (Wildman–Crippen LogP) is 2.73.